The van der Waals surface area contributed by atoms with Crippen LogP contribution in [0.4, 0.5) is 0 Å². The van der Waals surface area contributed by atoms with Crippen molar-refractivity contribution in [2.24, 2.45) is 0 Å². The first kappa shape index (κ1) is 13.0. The molecule has 0 saturated carbocycles. The molecular formula is C15H23N. The Morgan fingerprint density at radius 3 is 2.06 bits per heavy atom. The molecule has 0 aromatic heterocycles. The zero-order valence-electron chi connectivity index (χ0n) is 10.9. The molecule has 1 aromatic rings. The molecule has 1 N–H and O–H groups in total. The van der Waals surface area contributed by atoms with E-state index in [-0.39, 0.29) is 6.04 Å². The summed E-state index contributed by atoms with van der Waals surface area (Å²) >= 11 is 0. The van der Waals surface area contributed by atoms with Gasteiger partial charge in [-0.3, -0.25) is 0 Å². The minimum atomic E-state index is 0.284. The maximum absolute atomic E-state index is 4.05. The number of hydrogen-bond donors (Lipinski definition) is 1. The van der Waals surface area contributed by atoms with Gasteiger partial charge in [0.15, 0.2) is 0 Å². The van der Waals surface area contributed by atoms with E-state index in [1.54, 1.807) is 0 Å². The Hall–Kier alpha value is -1.08. The molecule has 0 heterocycles. The van der Waals surface area contributed by atoms with Crippen molar-refractivity contribution >= 4 is 0 Å². The molecule has 0 fully saturated rings. The molecular weight excluding hydrogens is 194 g/mol. The summed E-state index contributed by atoms with van der Waals surface area (Å²) < 4.78 is 0. The standard InChI is InChI=1S/C15H23N/c1-6-16-15(12(4)5)14-9-7-13(8-10-14)11(2)3/h7-11,15-16H,4,6H2,1-3,5H3. The topological polar surface area (TPSA) is 12.0 Å². The number of benzene rings is 1. The van der Waals surface area contributed by atoms with E-state index in [2.05, 4.69) is 63.9 Å². The van der Waals surface area contributed by atoms with Gasteiger partial charge in [-0.05, 0) is 30.5 Å². The number of likely N-dealkylation sites (N-methyl/N-ethyl adjacent to an activating group) is 1. The van der Waals surface area contributed by atoms with E-state index in [0.717, 1.165) is 6.54 Å². The quantitative estimate of drug-likeness (QED) is 0.734. The van der Waals surface area contributed by atoms with Crippen LogP contribution in [0, 0.1) is 0 Å². The van der Waals surface area contributed by atoms with Gasteiger partial charge in [-0.15, -0.1) is 0 Å². The summed E-state index contributed by atoms with van der Waals surface area (Å²) in [6, 6.07) is 9.13. The average Bonchev–Trinajstić information content (AvgIpc) is 2.25. The third-order valence-electron chi connectivity index (χ3n) is 2.84. The summed E-state index contributed by atoms with van der Waals surface area (Å²) in [5.41, 5.74) is 3.86. The van der Waals surface area contributed by atoms with Gasteiger partial charge in [-0.2, -0.15) is 0 Å². The molecule has 0 spiro atoms. The Balaban J connectivity index is 2.89. The van der Waals surface area contributed by atoms with Crippen molar-refractivity contribution in [3.8, 4) is 0 Å². The zero-order chi connectivity index (χ0) is 12.1. The summed E-state index contributed by atoms with van der Waals surface area (Å²) in [4.78, 5) is 0. The van der Waals surface area contributed by atoms with Gasteiger partial charge in [0.05, 0.1) is 6.04 Å². The lowest BCUT2D eigenvalue weighted by Gasteiger charge is -2.19. The minimum absolute atomic E-state index is 0.284. The highest BCUT2D eigenvalue weighted by atomic mass is 14.9. The van der Waals surface area contributed by atoms with E-state index in [4.69, 9.17) is 0 Å². The van der Waals surface area contributed by atoms with E-state index in [0.29, 0.717) is 5.92 Å². The highest BCUT2D eigenvalue weighted by molar-refractivity contribution is 5.30. The van der Waals surface area contributed by atoms with Crippen molar-refractivity contribution in [1.29, 1.82) is 0 Å². The molecule has 0 amide bonds. The van der Waals surface area contributed by atoms with E-state index < -0.39 is 0 Å². The van der Waals surface area contributed by atoms with Crippen LogP contribution in [0.1, 0.15) is 50.8 Å². The van der Waals surface area contributed by atoms with Crippen molar-refractivity contribution < 1.29 is 0 Å². The number of hydrogen-bond acceptors (Lipinski definition) is 1. The minimum Gasteiger partial charge on any atom is -0.307 e. The number of rotatable bonds is 5. The van der Waals surface area contributed by atoms with Crippen molar-refractivity contribution in [1.82, 2.24) is 5.32 Å². The smallest absolute Gasteiger partial charge is 0.0530 e. The Kier molecular flexibility index (Phi) is 4.75. The largest absolute Gasteiger partial charge is 0.307 e. The SMILES string of the molecule is C=C(C)C(NCC)c1ccc(C(C)C)cc1. The summed E-state index contributed by atoms with van der Waals surface area (Å²) in [6.45, 7) is 13.6. The molecule has 1 unspecified atom stereocenters. The van der Waals surface area contributed by atoms with Crippen molar-refractivity contribution in [3.05, 3.63) is 47.5 Å². The van der Waals surface area contributed by atoms with Crippen molar-refractivity contribution in [2.75, 3.05) is 6.54 Å². The monoisotopic (exact) mass is 217 g/mol. The predicted molar refractivity (Wildman–Crippen MR) is 71.8 cm³/mol. The molecule has 0 aliphatic heterocycles. The van der Waals surface area contributed by atoms with E-state index in [1.807, 2.05) is 0 Å². The van der Waals surface area contributed by atoms with Crippen LogP contribution in [0.25, 0.3) is 0 Å². The second kappa shape index (κ2) is 5.86. The molecule has 16 heavy (non-hydrogen) atoms. The first-order valence-corrected chi connectivity index (χ1v) is 6.04. The van der Waals surface area contributed by atoms with E-state index in [9.17, 15) is 0 Å². The van der Waals surface area contributed by atoms with Crippen molar-refractivity contribution in [2.45, 2.75) is 39.7 Å². The van der Waals surface area contributed by atoms with Gasteiger partial charge >= 0.3 is 0 Å². The third kappa shape index (κ3) is 3.21. The van der Waals surface area contributed by atoms with Crippen LogP contribution in [-0.2, 0) is 0 Å². The molecule has 1 aromatic carbocycles. The molecule has 0 saturated heterocycles. The van der Waals surface area contributed by atoms with Gasteiger partial charge in [-0.1, -0.05) is 57.2 Å². The molecule has 0 aliphatic rings. The maximum Gasteiger partial charge on any atom is 0.0530 e. The summed E-state index contributed by atoms with van der Waals surface area (Å²) in [5, 5.41) is 3.45. The zero-order valence-corrected chi connectivity index (χ0v) is 10.9. The van der Waals surface area contributed by atoms with E-state index >= 15 is 0 Å². The normalized spacial score (nSPS) is 12.8. The number of nitrogens with one attached hydrogen (secondary N) is 1. The van der Waals surface area contributed by atoms with Crippen LogP contribution in [0.2, 0.25) is 0 Å². The Morgan fingerprint density at radius 2 is 1.69 bits per heavy atom. The second-order valence-electron chi connectivity index (χ2n) is 4.66. The lowest BCUT2D eigenvalue weighted by Crippen LogP contribution is -2.21. The van der Waals surface area contributed by atoms with Gasteiger partial charge in [0.2, 0.25) is 0 Å². The highest BCUT2D eigenvalue weighted by Gasteiger charge is 2.10. The third-order valence-corrected chi connectivity index (χ3v) is 2.84. The summed E-state index contributed by atoms with van der Waals surface area (Å²) in [7, 11) is 0. The lowest BCUT2D eigenvalue weighted by atomic mass is 9.96. The van der Waals surface area contributed by atoms with Crippen LogP contribution in [0.5, 0.6) is 0 Å². The van der Waals surface area contributed by atoms with Gasteiger partial charge in [0, 0.05) is 0 Å². The molecule has 1 nitrogen and oxygen atoms in total. The molecule has 88 valence electrons. The maximum atomic E-state index is 4.05. The fraction of sp³-hybridized carbons (Fsp3) is 0.467. The first-order chi connectivity index (χ1) is 7.56. The van der Waals surface area contributed by atoms with Crippen LogP contribution in [0.3, 0.4) is 0 Å². The van der Waals surface area contributed by atoms with Crippen LogP contribution >= 0.6 is 0 Å². The Bertz CT molecular complexity index is 335. The van der Waals surface area contributed by atoms with E-state index in [1.165, 1.54) is 16.7 Å². The van der Waals surface area contributed by atoms with Crippen LogP contribution in [0.15, 0.2) is 36.4 Å². The van der Waals surface area contributed by atoms with Gasteiger partial charge < -0.3 is 5.32 Å². The predicted octanol–water partition coefficient (Wildman–Crippen LogP) is 4.04. The fourth-order valence-corrected chi connectivity index (χ4v) is 1.85. The Labute approximate surface area is 99.6 Å². The molecule has 0 aliphatic carbocycles. The molecule has 0 bridgehead atoms. The summed E-state index contributed by atoms with van der Waals surface area (Å²) in [6.07, 6.45) is 0. The molecule has 0 radical (unpaired) electrons. The molecule has 1 heteroatoms. The molecule has 1 atom stereocenters. The summed E-state index contributed by atoms with van der Waals surface area (Å²) in [5.74, 6) is 0.594. The average molecular weight is 217 g/mol. The Morgan fingerprint density at radius 1 is 1.19 bits per heavy atom. The highest BCUT2D eigenvalue weighted by Crippen LogP contribution is 2.22. The van der Waals surface area contributed by atoms with Crippen LogP contribution in [-0.4, -0.2) is 6.54 Å². The molecule has 1 rings (SSSR count). The fourth-order valence-electron chi connectivity index (χ4n) is 1.85. The van der Waals surface area contributed by atoms with Crippen LogP contribution < -0.4 is 5.32 Å². The van der Waals surface area contributed by atoms with Gasteiger partial charge in [0.25, 0.3) is 0 Å². The van der Waals surface area contributed by atoms with Gasteiger partial charge in [-0.25, -0.2) is 0 Å². The van der Waals surface area contributed by atoms with Crippen molar-refractivity contribution in [3.63, 3.8) is 0 Å². The second-order valence-corrected chi connectivity index (χ2v) is 4.66. The first-order valence-electron chi connectivity index (χ1n) is 6.04. The lowest BCUT2D eigenvalue weighted by molar-refractivity contribution is 0.621. The van der Waals surface area contributed by atoms with Gasteiger partial charge in [0.1, 0.15) is 0 Å².